The molecule has 0 saturated heterocycles. The first-order valence-corrected chi connectivity index (χ1v) is 4.69. The van der Waals surface area contributed by atoms with Gasteiger partial charge in [0.1, 0.15) is 5.78 Å². The topological polar surface area (TPSA) is 20.3 Å². The minimum Gasteiger partial charge on any atom is -0.298 e. The van der Waals surface area contributed by atoms with Crippen molar-refractivity contribution in [3.05, 3.63) is 0 Å². The Labute approximate surface area is 75.9 Å². The zero-order valence-electron chi connectivity index (χ0n) is 8.92. The minimum atomic E-state index is 0.118. The van der Waals surface area contributed by atoms with E-state index in [0.29, 0.717) is 5.92 Å². The van der Waals surface area contributed by atoms with Gasteiger partial charge < -0.3 is 0 Å². The van der Waals surface area contributed by atoms with E-state index >= 15 is 0 Å². The number of carbonyl (C=O) groups is 1. The van der Waals surface area contributed by atoms with E-state index in [1.165, 1.54) is 0 Å². The van der Waals surface area contributed by atoms with Crippen LogP contribution in [0.5, 0.6) is 0 Å². The van der Waals surface area contributed by atoms with Crippen LogP contribution in [0.2, 0.25) is 0 Å². The van der Waals surface area contributed by atoms with E-state index in [0.717, 1.165) is 13.0 Å². The number of nitrogens with zero attached hydrogens (tertiary/aromatic N) is 1. The summed E-state index contributed by atoms with van der Waals surface area (Å²) in [6, 6.07) is 0.118. The largest absolute Gasteiger partial charge is 0.298 e. The zero-order chi connectivity index (χ0) is 9.72. The second-order valence-electron chi connectivity index (χ2n) is 3.87. The molecule has 12 heavy (non-hydrogen) atoms. The second-order valence-corrected chi connectivity index (χ2v) is 3.87. The Kier molecular flexibility index (Phi) is 5.14. The van der Waals surface area contributed by atoms with Gasteiger partial charge >= 0.3 is 0 Å². The second kappa shape index (κ2) is 5.31. The van der Waals surface area contributed by atoms with Gasteiger partial charge in [0.2, 0.25) is 0 Å². The van der Waals surface area contributed by atoms with Crippen LogP contribution >= 0.6 is 0 Å². The first-order valence-electron chi connectivity index (χ1n) is 4.69. The van der Waals surface area contributed by atoms with Crippen LogP contribution < -0.4 is 0 Å². The van der Waals surface area contributed by atoms with Gasteiger partial charge in [0.25, 0.3) is 0 Å². The first kappa shape index (κ1) is 11.6. The third kappa shape index (κ3) is 3.86. The fourth-order valence-corrected chi connectivity index (χ4v) is 1.61. The molecule has 0 aliphatic heterocycles. The van der Waals surface area contributed by atoms with E-state index in [-0.39, 0.29) is 11.8 Å². The number of Topliss-reactive ketones (excluding diaryl/α,β-unsaturated/α-hetero) is 1. The smallest absolute Gasteiger partial charge is 0.146 e. The van der Waals surface area contributed by atoms with Crippen molar-refractivity contribution in [2.75, 3.05) is 13.6 Å². The van der Waals surface area contributed by atoms with Crippen LogP contribution in [0.4, 0.5) is 0 Å². The molecule has 0 fully saturated rings. The monoisotopic (exact) mass is 171 g/mol. The van der Waals surface area contributed by atoms with Crippen LogP contribution in [0.25, 0.3) is 0 Å². The van der Waals surface area contributed by atoms with Crippen molar-refractivity contribution in [1.29, 1.82) is 0 Å². The molecule has 0 rings (SSSR count). The summed E-state index contributed by atoms with van der Waals surface area (Å²) in [4.78, 5) is 13.3. The standard InChI is InChI=1S/C10H21NO/c1-6-10(9(4)12)11(5)7-8(2)3/h8,10H,6-7H2,1-5H3/t10-/m1/s1. The molecule has 0 aliphatic carbocycles. The van der Waals surface area contributed by atoms with Crippen molar-refractivity contribution in [3.63, 3.8) is 0 Å². The molecule has 0 radical (unpaired) electrons. The molecule has 72 valence electrons. The van der Waals surface area contributed by atoms with Crippen molar-refractivity contribution in [1.82, 2.24) is 4.90 Å². The molecule has 0 aromatic rings. The molecular weight excluding hydrogens is 150 g/mol. The van der Waals surface area contributed by atoms with Gasteiger partial charge in [-0.2, -0.15) is 0 Å². The zero-order valence-corrected chi connectivity index (χ0v) is 8.92. The fraction of sp³-hybridized carbons (Fsp3) is 0.900. The summed E-state index contributed by atoms with van der Waals surface area (Å²) in [5.41, 5.74) is 0. The quantitative estimate of drug-likeness (QED) is 0.630. The van der Waals surface area contributed by atoms with Gasteiger partial charge in [-0.3, -0.25) is 9.69 Å². The lowest BCUT2D eigenvalue weighted by Gasteiger charge is -2.26. The molecule has 0 aromatic carbocycles. The molecule has 0 saturated carbocycles. The number of ketones is 1. The molecule has 0 spiro atoms. The molecule has 2 heteroatoms. The van der Waals surface area contributed by atoms with Gasteiger partial charge in [0, 0.05) is 6.54 Å². The SMILES string of the molecule is CC[C@H](C(C)=O)N(C)CC(C)C. The van der Waals surface area contributed by atoms with Crippen molar-refractivity contribution >= 4 is 5.78 Å². The molecule has 0 unspecified atom stereocenters. The van der Waals surface area contributed by atoms with Gasteiger partial charge in [-0.15, -0.1) is 0 Å². The lowest BCUT2D eigenvalue weighted by atomic mass is 10.1. The normalized spacial score (nSPS) is 13.9. The Bertz CT molecular complexity index is 143. The molecule has 0 aliphatic rings. The highest BCUT2D eigenvalue weighted by Gasteiger charge is 2.17. The molecule has 0 bridgehead atoms. The Balaban J connectivity index is 4.02. The Morgan fingerprint density at radius 3 is 2.17 bits per heavy atom. The molecule has 0 heterocycles. The van der Waals surface area contributed by atoms with Gasteiger partial charge in [0.15, 0.2) is 0 Å². The summed E-state index contributed by atoms with van der Waals surface area (Å²) in [7, 11) is 2.02. The van der Waals surface area contributed by atoms with E-state index in [1.54, 1.807) is 6.92 Å². The summed E-state index contributed by atoms with van der Waals surface area (Å²) in [6.45, 7) is 9.07. The third-order valence-corrected chi connectivity index (χ3v) is 2.04. The highest BCUT2D eigenvalue weighted by molar-refractivity contribution is 5.81. The Hall–Kier alpha value is -0.370. The molecule has 0 aromatic heterocycles. The average Bonchev–Trinajstić information content (AvgIpc) is 1.85. The van der Waals surface area contributed by atoms with Crippen LogP contribution in [-0.4, -0.2) is 30.3 Å². The number of rotatable bonds is 5. The van der Waals surface area contributed by atoms with Crippen LogP contribution in [0.3, 0.4) is 0 Å². The van der Waals surface area contributed by atoms with Crippen LogP contribution in [0.1, 0.15) is 34.1 Å². The summed E-state index contributed by atoms with van der Waals surface area (Å²) < 4.78 is 0. The minimum absolute atomic E-state index is 0.118. The number of likely N-dealkylation sites (N-methyl/N-ethyl adjacent to an activating group) is 1. The lowest BCUT2D eigenvalue weighted by molar-refractivity contribution is -0.121. The summed E-state index contributed by atoms with van der Waals surface area (Å²) >= 11 is 0. The maximum Gasteiger partial charge on any atom is 0.146 e. The van der Waals surface area contributed by atoms with E-state index in [4.69, 9.17) is 0 Å². The van der Waals surface area contributed by atoms with E-state index in [2.05, 4.69) is 25.7 Å². The average molecular weight is 171 g/mol. The summed E-state index contributed by atoms with van der Waals surface area (Å²) in [6.07, 6.45) is 0.915. The fourth-order valence-electron chi connectivity index (χ4n) is 1.61. The molecule has 2 nitrogen and oxygen atoms in total. The van der Waals surface area contributed by atoms with Crippen molar-refractivity contribution in [2.45, 2.75) is 40.2 Å². The van der Waals surface area contributed by atoms with Crippen LogP contribution in [0, 0.1) is 5.92 Å². The Morgan fingerprint density at radius 2 is 1.92 bits per heavy atom. The molecular formula is C10H21NO. The molecule has 0 amide bonds. The summed E-state index contributed by atoms with van der Waals surface area (Å²) in [5.74, 6) is 0.907. The third-order valence-electron chi connectivity index (χ3n) is 2.04. The highest BCUT2D eigenvalue weighted by atomic mass is 16.1. The predicted octanol–water partition coefficient (Wildman–Crippen LogP) is 1.94. The Morgan fingerprint density at radius 1 is 1.42 bits per heavy atom. The van der Waals surface area contributed by atoms with Crippen molar-refractivity contribution in [3.8, 4) is 0 Å². The van der Waals surface area contributed by atoms with E-state index in [1.807, 2.05) is 7.05 Å². The number of hydrogen-bond donors (Lipinski definition) is 0. The van der Waals surface area contributed by atoms with Gasteiger partial charge in [-0.05, 0) is 26.3 Å². The van der Waals surface area contributed by atoms with E-state index < -0.39 is 0 Å². The van der Waals surface area contributed by atoms with Crippen molar-refractivity contribution in [2.24, 2.45) is 5.92 Å². The molecule has 0 N–H and O–H groups in total. The summed E-state index contributed by atoms with van der Waals surface area (Å²) in [5, 5.41) is 0. The first-order chi connectivity index (χ1) is 5.49. The maximum absolute atomic E-state index is 11.2. The van der Waals surface area contributed by atoms with Gasteiger partial charge in [-0.1, -0.05) is 20.8 Å². The number of carbonyl (C=O) groups excluding carboxylic acids is 1. The van der Waals surface area contributed by atoms with Crippen LogP contribution in [0.15, 0.2) is 0 Å². The van der Waals surface area contributed by atoms with Gasteiger partial charge in [0.05, 0.1) is 6.04 Å². The van der Waals surface area contributed by atoms with Gasteiger partial charge in [-0.25, -0.2) is 0 Å². The number of hydrogen-bond acceptors (Lipinski definition) is 2. The van der Waals surface area contributed by atoms with Crippen molar-refractivity contribution < 1.29 is 4.79 Å². The highest BCUT2D eigenvalue weighted by Crippen LogP contribution is 2.05. The predicted molar refractivity (Wildman–Crippen MR) is 52.2 cm³/mol. The maximum atomic E-state index is 11.2. The van der Waals surface area contributed by atoms with Crippen LogP contribution in [-0.2, 0) is 4.79 Å². The molecule has 1 atom stereocenters. The van der Waals surface area contributed by atoms with E-state index in [9.17, 15) is 4.79 Å². The lowest BCUT2D eigenvalue weighted by Crippen LogP contribution is -2.38.